The number of benzene rings is 3. The van der Waals surface area contributed by atoms with Crippen molar-refractivity contribution < 1.29 is 22.7 Å². The maximum absolute atomic E-state index is 13.7. The molecule has 0 unspecified atom stereocenters. The van der Waals surface area contributed by atoms with Crippen LogP contribution in [0, 0.1) is 5.82 Å². The smallest absolute Gasteiger partial charge is 0.323 e. The fourth-order valence-electron chi connectivity index (χ4n) is 3.88. The molecular weight excluding hydrogens is 493 g/mol. The van der Waals surface area contributed by atoms with Crippen LogP contribution in [0.25, 0.3) is 11.0 Å². The number of carboxylic acids is 1. The monoisotopic (exact) mass is 515 g/mol. The standard InChI is InChI=1S/C25H23ClFN3O4S/c1-2-5-24-28-22-14-19(10-13-23(22)29(24)16-25(31)32)30(15-17-6-3-4-7-21(17)26)35(33,34)20-11-8-18(27)9-12-20/h3-4,6-14H,2,5,15-16H2,1H3,(H,31,32). The van der Waals surface area contributed by atoms with Crippen molar-refractivity contribution in [1.82, 2.24) is 9.55 Å². The normalized spacial score (nSPS) is 11.6. The topological polar surface area (TPSA) is 92.5 Å². The van der Waals surface area contributed by atoms with Gasteiger partial charge in [-0.25, -0.2) is 17.8 Å². The molecule has 0 spiro atoms. The molecule has 0 fully saturated rings. The number of aromatic nitrogens is 2. The molecule has 4 aromatic rings. The lowest BCUT2D eigenvalue weighted by atomic mass is 10.2. The lowest BCUT2D eigenvalue weighted by molar-refractivity contribution is -0.137. The Hall–Kier alpha value is -3.43. The van der Waals surface area contributed by atoms with Crippen LogP contribution in [0.2, 0.25) is 5.02 Å². The molecule has 0 bridgehead atoms. The Morgan fingerprint density at radius 1 is 1.11 bits per heavy atom. The fraction of sp³-hybridized carbons (Fsp3) is 0.200. The average Bonchev–Trinajstić information content (AvgIpc) is 3.14. The number of hydrogen-bond donors (Lipinski definition) is 1. The van der Waals surface area contributed by atoms with Crippen LogP contribution in [0.3, 0.4) is 0 Å². The van der Waals surface area contributed by atoms with Gasteiger partial charge in [0.25, 0.3) is 10.0 Å². The van der Waals surface area contributed by atoms with Gasteiger partial charge in [0.2, 0.25) is 0 Å². The predicted octanol–water partition coefficient (Wildman–Crippen LogP) is 5.26. The Bertz CT molecular complexity index is 1490. The summed E-state index contributed by atoms with van der Waals surface area (Å²) in [6, 6.07) is 16.4. The maximum Gasteiger partial charge on any atom is 0.323 e. The van der Waals surface area contributed by atoms with Crippen molar-refractivity contribution in [2.45, 2.75) is 37.8 Å². The minimum atomic E-state index is -4.11. The van der Waals surface area contributed by atoms with Crippen molar-refractivity contribution in [3.63, 3.8) is 0 Å². The van der Waals surface area contributed by atoms with E-state index in [1.54, 1.807) is 47.0 Å². The molecule has 1 N–H and O–H groups in total. The number of halogens is 2. The van der Waals surface area contributed by atoms with E-state index in [0.717, 1.165) is 18.6 Å². The summed E-state index contributed by atoms with van der Waals surface area (Å²) in [4.78, 5) is 15.9. The van der Waals surface area contributed by atoms with Gasteiger partial charge in [0.05, 0.1) is 28.2 Å². The summed E-state index contributed by atoms with van der Waals surface area (Å²) < 4.78 is 43.6. The zero-order valence-corrected chi connectivity index (χ0v) is 20.4. The Labute approximate surface area is 207 Å². The van der Waals surface area contributed by atoms with Crippen LogP contribution in [0.15, 0.2) is 71.6 Å². The third-order valence-electron chi connectivity index (χ3n) is 5.54. The second-order valence-corrected chi connectivity index (χ2v) is 10.3. The Kier molecular flexibility index (Phi) is 7.09. The third kappa shape index (κ3) is 5.16. The van der Waals surface area contributed by atoms with Crippen LogP contribution in [0.5, 0.6) is 0 Å². The molecule has 0 amide bonds. The number of aryl methyl sites for hydroxylation is 1. The molecule has 3 aromatic carbocycles. The minimum Gasteiger partial charge on any atom is -0.480 e. The van der Waals surface area contributed by atoms with Crippen molar-refractivity contribution in [1.29, 1.82) is 0 Å². The molecule has 182 valence electrons. The summed E-state index contributed by atoms with van der Waals surface area (Å²) >= 11 is 6.33. The van der Waals surface area contributed by atoms with E-state index < -0.39 is 21.8 Å². The largest absolute Gasteiger partial charge is 0.480 e. The molecule has 0 aliphatic heterocycles. The lowest BCUT2D eigenvalue weighted by Crippen LogP contribution is -2.30. The summed E-state index contributed by atoms with van der Waals surface area (Å²) in [5, 5.41) is 9.75. The van der Waals surface area contributed by atoms with Gasteiger partial charge in [0.1, 0.15) is 18.2 Å². The van der Waals surface area contributed by atoms with E-state index in [1.807, 2.05) is 6.92 Å². The van der Waals surface area contributed by atoms with E-state index in [4.69, 9.17) is 11.6 Å². The van der Waals surface area contributed by atoms with Gasteiger partial charge in [-0.1, -0.05) is 36.7 Å². The van der Waals surface area contributed by atoms with E-state index in [1.165, 1.54) is 16.4 Å². The number of rotatable bonds is 9. The molecule has 0 saturated heterocycles. The molecule has 1 heterocycles. The Balaban J connectivity index is 1.86. The Morgan fingerprint density at radius 2 is 1.83 bits per heavy atom. The number of aliphatic carboxylic acids is 1. The lowest BCUT2D eigenvalue weighted by Gasteiger charge is -2.25. The number of imidazole rings is 1. The number of carbonyl (C=O) groups is 1. The second-order valence-electron chi connectivity index (χ2n) is 7.99. The van der Waals surface area contributed by atoms with Gasteiger partial charge in [-0.3, -0.25) is 9.10 Å². The van der Waals surface area contributed by atoms with E-state index in [-0.39, 0.29) is 18.0 Å². The van der Waals surface area contributed by atoms with Gasteiger partial charge in [0, 0.05) is 11.4 Å². The van der Waals surface area contributed by atoms with Crippen molar-refractivity contribution >= 4 is 44.3 Å². The molecule has 0 aliphatic rings. The summed E-state index contributed by atoms with van der Waals surface area (Å²) in [7, 11) is -4.11. The summed E-state index contributed by atoms with van der Waals surface area (Å²) in [6.45, 7) is 1.65. The van der Waals surface area contributed by atoms with Crippen LogP contribution in [0.1, 0.15) is 24.7 Å². The molecule has 1 aromatic heterocycles. The van der Waals surface area contributed by atoms with Gasteiger partial charge in [-0.15, -0.1) is 0 Å². The highest BCUT2D eigenvalue weighted by Crippen LogP contribution is 2.31. The van der Waals surface area contributed by atoms with Gasteiger partial charge >= 0.3 is 5.97 Å². The van der Waals surface area contributed by atoms with Crippen molar-refractivity contribution in [3.05, 3.63) is 89.0 Å². The SMILES string of the molecule is CCCc1nc2cc(N(Cc3ccccc3Cl)S(=O)(=O)c3ccc(F)cc3)ccc2n1CC(=O)O. The Morgan fingerprint density at radius 3 is 2.49 bits per heavy atom. The zero-order valence-electron chi connectivity index (χ0n) is 18.9. The fourth-order valence-corrected chi connectivity index (χ4v) is 5.51. The number of anilines is 1. The maximum atomic E-state index is 13.7. The van der Waals surface area contributed by atoms with Crippen LogP contribution in [-0.2, 0) is 34.3 Å². The molecule has 7 nitrogen and oxygen atoms in total. The van der Waals surface area contributed by atoms with E-state index >= 15 is 0 Å². The first-order chi connectivity index (χ1) is 16.7. The highest BCUT2D eigenvalue weighted by Gasteiger charge is 2.27. The van der Waals surface area contributed by atoms with Gasteiger partial charge in [0.15, 0.2) is 0 Å². The molecule has 35 heavy (non-hydrogen) atoms. The first-order valence-electron chi connectivity index (χ1n) is 10.9. The van der Waals surface area contributed by atoms with Crippen LogP contribution >= 0.6 is 11.6 Å². The zero-order chi connectivity index (χ0) is 25.2. The van der Waals surface area contributed by atoms with Crippen LogP contribution in [0.4, 0.5) is 10.1 Å². The number of sulfonamides is 1. The van der Waals surface area contributed by atoms with Crippen molar-refractivity contribution in [2.24, 2.45) is 0 Å². The number of hydrogen-bond acceptors (Lipinski definition) is 4. The number of carboxylic acid groups (broad SMARTS) is 1. The third-order valence-corrected chi connectivity index (χ3v) is 7.70. The first kappa shape index (κ1) is 24.7. The van der Waals surface area contributed by atoms with Crippen LogP contribution < -0.4 is 4.31 Å². The summed E-state index contributed by atoms with van der Waals surface area (Å²) in [5.74, 6) is -0.929. The quantitative estimate of drug-likeness (QED) is 0.328. The van der Waals surface area contributed by atoms with Gasteiger partial charge < -0.3 is 9.67 Å². The predicted molar refractivity (Wildman–Crippen MR) is 133 cm³/mol. The second kappa shape index (κ2) is 10.1. The van der Waals surface area contributed by atoms with Crippen LogP contribution in [-0.4, -0.2) is 29.0 Å². The molecule has 0 aliphatic carbocycles. The van der Waals surface area contributed by atoms with E-state index in [9.17, 15) is 22.7 Å². The average molecular weight is 516 g/mol. The molecular formula is C25H23ClFN3O4S. The number of nitrogens with zero attached hydrogens (tertiary/aromatic N) is 3. The molecule has 10 heteroatoms. The molecule has 0 radical (unpaired) electrons. The first-order valence-corrected chi connectivity index (χ1v) is 12.7. The van der Waals surface area contributed by atoms with Gasteiger partial charge in [-0.2, -0.15) is 0 Å². The highest BCUT2D eigenvalue weighted by molar-refractivity contribution is 7.92. The van der Waals surface area contributed by atoms with E-state index in [0.29, 0.717) is 39.6 Å². The van der Waals surface area contributed by atoms with Crippen molar-refractivity contribution in [2.75, 3.05) is 4.31 Å². The molecule has 0 atom stereocenters. The highest BCUT2D eigenvalue weighted by atomic mass is 35.5. The number of fused-ring (bicyclic) bond motifs is 1. The molecule has 0 saturated carbocycles. The summed E-state index contributed by atoms with van der Waals surface area (Å²) in [6.07, 6.45) is 1.35. The van der Waals surface area contributed by atoms with Gasteiger partial charge in [-0.05, 0) is 60.5 Å². The minimum absolute atomic E-state index is 0.0669. The van der Waals surface area contributed by atoms with E-state index in [2.05, 4.69) is 4.98 Å². The summed E-state index contributed by atoms with van der Waals surface area (Å²) in [5.41, 5.74) is 1.98. The van der Waals surface area contributed by atoms with Crippen molar-refractivity contribution in [3.8, 4) is 0 Å². The molecule has 4 rings (SSSR count).